The van der Waals surface area contributed by atoms with Crippen LogP contribution in [0.1, 0.15) is 64.7 Å². The summed E-state index contributed by atoms with van der Waals surface area (Å²) in [4.78, 5) is 11.4. The Morgan fingerprint density at radius 2 is 1.94 bits per heavy atom. The van der Waals surface area contributed by atoms with Crippen LogP contribution in [0.4, 0.5) is 0 Å². The van der Waals surface area contributed by atoms with Crippen LogP contribution in [0.5, 0.6) is 0 Å². The van der Waals surface area contributed by atoms with Gasteiger partial charge < -0.3 is 9.84 Å². The molecule has 3 heteroatoms. The van der Waals surface area contributed by atoms with Gasteiger partial charge in [0.25, 0.3) is 0 Å². The smallest absolute Gasteiger partial charge is 0.306 e. The maximum Gasteiger partial charge on any atom is 0.306 e. The quantitative estimate of drug-likeness (QED) is 0.561. The third-order valence-electron chi connectivity index (χ3n) is 3.42. The molecule has 0 aromatic rings. The standard InChI is InChI=1S/C13H24O3/c1-2-12(15)16-13(10-6-7-11-14)8-4-3-5-9-13/h14H,2-11H2,1H3. The maximum absolute atomic E-state index is 11.4. The Balaban J connectivity index is 2.49. The summed E-state index contributed by atoms with van der Waals surface area (Å²) in [6.07, 6.45) is 8.73. The van der Waals surface area contributed by atoms with Gasteiger partial charge in [-0.05, 0) is 44.9 Å². The minimum Gasteiger partial charge on any atom is -0.459 e. The lowest BCUT2D eigenvalue weighted by molar-refractivity contribution is -0.164. The van der Waals surface area contributed by atoms with E-state index in [0.717, 1.165) is 44.9 Å². The van der Waals surface area contributed by atoms with Crippen molar-refractivity contribution < 1.29 is 14.6 Å². The molecule has 0 aromatic carbocycles. The number of rotatable bonds is 6. The fourth-order valence-corrected chi connectivity index (χ4v) is 2.47. The van der Waals surface area contributed by atoms with E-state index in [9.17, 15) is 4.79 Å². The molecule has 0 saturated heterocycles. The van der Waals surface area contributed by atoms with Crippen LogP contribution in [0.15, 0.2) is 0 Å². The van der Waals surface area contributed by atoms with Gasteiger partial charge in [0.15, 0.2) is 0 Å². The summed E-state index contributed by atoms with van der Waals surface area (Å²) < 4.78 is 5.65. The molecule has 0 heterocycles. The predicted octanol–water partition coefficient (Wildman–Crippen LogP) is 2.81. The molecular formula is C13H24O3. The number of aliphatic hydroxyl groups excluding tert-OH is 1. The predicted molar refractivity (Wildman–Crippen MR) is 63.1 cm³/mol. The van der Waals surface area contributed by atoms with Crippen molar-refractivity contribution in [2.75, 3.05) is 6.61 Å². The number of carbonyl (C=O) groups excluding carboxylic acids is 1. The minimum atomic E-state index is -0.208. The number of unbranched alkanes of at least 4 members (excludes halogenated alkanes) is 1. The van der Waals surface area contributed by atoms with E-state index >= 15 is 0 Å². The first-order valence-corrected chi connectivity index (χ1v) is 6.55. The SMILES string of the molecule is CCC(=O)OC1(CCCCO)CCCCC1. The zero-order valence-corrected chi connectivity index (χ0v) is 10.3. The van der Waals surface area contributed by atoms with Gasteiger partial charge in [0.2, 0.25) is 0 Å². The van der Waals surface area contributed by atoms with Crippen LogP contribution in [0.3, 0.4) is 0 Å². The molecule has 94 valence electrons. The van der Waals surface area contributed by atoms with Gasteiger partial charge in [-0.3, -0.25) is 4.79 Å². The topological polar surface area (TPSA) is 46.5 Å². The van der Waals surface area contributed by atoms with Crippen molar-refractivity contribution >= 4 is 5.97 Å². The largest absolute Gasteiger partial charge is 0.459 e. The van der Waals surface area contributed by atoms with Crippen LogP contribution < -0.4 is 0 Å². The van der Waals surface area contributed by atoms with Gasteiger partial charge in [-0.25, -0.2) is 0 Å². The summed E-state index contributed by atoms with van der Waals surface area (Å²) in [5.41, 5.74) is -0.208. The Labute approximate surface area is 98.2 Å². The average Bonchev–Trinajstić information content (AvgIpc) is 2.30. The number of hydrogen-bond donors (Lipinski definition) is 1. The highest BCUT2D eigenvalue weighted by Gasteiger charge is 2.34. The monoisotopic (exact) mass is 228 g/mol. The maximum atomic E-state index is 11.4. The lowest BCUT2D eigenvalue weighted by Gasteiger charge is -2.37. The molecule has 1 aliphatic rings. The minimum absolute atomic E-state index is 0.0779. The van der Waals surface area contributed by atoms with Crippen molar-refractivity contribution in [3.63, 3.8) is 0 Å². The summed E-state index contributed by atoms with van der Waals surface area (Å²) >= 11 is 0. The van der Waals surface area contributed by atoms with E-state index in [-0.39, 0.29) is 18.2 Å². The van der Waals surface area contributed by atoms with Crippen LogP contribution in [-0.2, 0) is 9.53 Å². The molecule has 0 spiro atoms. The first-order chi connectivity index (χ1) is 7.72. The molecule has 1 fully saturated rings. The molecule has 0 bridgehead atoms. The number of esters is 1. The molecule has 3 nitrogen and oxygen atoms in total. The fraction of sp³-hybridized carbons (Fsp3) is 0.923. The zero-order valence-electron chi connectivity index (χ0n) is 10.3. The lowest BCUT2D eigenvalue weighted by Crippen LogP contribution is -2.37. The third kappa shape index (κ3) is 4.12. The molecule has 0 aliphatic heterocycles. The molecule has 1 saturated carbocycles. The second-order valence-electron chi connectivity index (χ2n) is 4.75. The first kappa shape index (κ1) is 13.5. The highest BCUT2D eigenvalue weighted by molar-refractivity contribution is 5.69. The second-order valence-corrected chi connectivity index (χ2v) is 4.75. The number of hydrogen-bond acceptors (Lipinski definition) is 3. The highest BCUT2D eigenvalue weighted by Crippen LogP contribution is 2.36. The van der Waals surface area contributed by atoms with Crippen molar-refractivity contribution in [2.45, 2.75) is 70.3 Å². The summed E-state index contributed by atoms with van der Waals surface area (Å²) in [6.45, 7) is 2.07. The molecule has 0 aromatic heterocycles. The third-order valence-corrected chi connectivity index (χ3v) is 3.42. The fourth-order valence-electron chi connectivity index (χ4n) is 2.47. The molecule has 16 heavy (non-hydrogen) atoms. The van der Waals surface area contributed by atoms with E-state index in [1.54, 1.807) is 0 Å². The molecular weight excluding hydrogens is 204 g/mol. The van der Waals surface area contributed by atoms with Crippen LogP contribution in [0.2, 0.25) is 0 Å². The summed E-state index contributed by atoms with van der Waals surface area (Å²) in [6, 6.07) is 0. The highest BCUT2D eigenvalue weighted by atomic mass is 16.6. The van der Waals surface area contributed by atoms with Gasteiger partial charge in [0.05, 0.1) is 0 Å². The summed E-state index contributed by atoms with van der Waals surface area (Å²) in [5.74, 6) is -0.0779. The van der Waals surface area contributed by atoms with E-state index in [4.69, 9.17) is 9.84 Å². The van der Waals surface area contributed by atoms with Crippen molar-refractivity contribution in [3.05, 3.63) is 0 Å². The van der Waals surface area contributed by atoms with Crippen molar-refractivity contribution in [2.24, 2.45) is 0 Å². The van der Waals surface area contributed by atoms with Crippen molar-refractivity contribution in [3.8, 4) is 0 Å². The van der Waals surface area contributed by atoms with Crippen LogP contribution in [0, 0.1) is 0 Å². The van der Waals surface area contributed by atoms with E-state index < -0.39 is 0 Å². The Kier molecular flexibility index (Phi) is 5.81. The van der Waals surface area contributed by atoms with Crippen LogP contribution in [-0.4, -0.2) is 23.3 Å². The van der Waals surface area contributed by atoms with Gasteiger partial charge in [0.1, 0.15) is 5.60 Å². The molecule has 1 N–H and O–H groups in total. The van der Waals surface area contributed by atoms with Gasteiger partial charge >= 0.3 is 5.97 Å². The molecule has 1 rings (SSSR count). The zero-order chi connectivity index (χ0) is 11.9. The average molecular weight is 228 g/mol. The molecule has 0 amide bonds. The van der Waals surface area contributed by atoms with Gasteiger partial charge in [0, 0.05) is 13.0 Å². The first-order valence-electron chi connectivity index (χ1n) is 6.55. The Morgan fingerprint density at radius 1 is 1.25 bits per heavy atom. The van der Waals surface area contributed by atoms with E-state index in [0.29, 0.717) is 6.42 Å². The number of ether oxygens (including phenoxy) is 1. The second kappa shape index (κ2) is 6.89. The van der Waals surface area contributed by atoms with Crippen molar-refractivity contribution in [1.82, 2.24) is 0 Å². The Morgan fingerprint density at radius 3 is 2.50 bits per heavy atom. The normalized spacial score (nSPS) is 19.4. The lowest BCUT2D eigenvalue weighted by atomic mass is 9.81. The Hall–Kier alpha value is -0.570. The number of aliphatic hydroxyl groups is 1. The molecule has 0 radical (unpaired) electrons. The molecule has 1 aliphatic carbocycles. The van der Waals surface area contributed by atoms with Gasteiger partial charge in [-0.2, -0.15) is 0 Å². The number of carbonyl (C=O) groups is 1. The summed E-state index contributed by atoms with van der Waals surface area (Å²) in [7, 11) is 0. The van der Waals surface area contributed by atoms with Crippen LogP contribution in [0.25, 0.3) is 0 Å². The van der Waals surface area contributed by atoms with E-state index in [1.165, 1.54) is 6.42 Å². The summed E-state index contributed by atoms with van der Waals surface area (Å²) in [5, 5.41) is 8.80. The van der Waals surface area contributed by atoms with Crippen LogP contribution >= 0.6 is 0 Å². The van der Waals surface area contributed by atoms with Gasteiger partial charge in [-0.15, -0.1) is 0 Å². The molecule has 0 unspecified atom stereocenters. The Bertz CT molecular complexity index is 207. The van der Waals surface area contributed by atoms with Crippen molar-refractivity contribution in [1.29, 1.82) is 0 Å². The van der Waals surface area contributed by atoms with Gasteiger partial charge in [-0.1, -0.05) is 13.3 Å². The van der Waals surface area contributed by atoms with E-state index in [1.807, 2.05) is 6.92 Å². The molecule has 0 atom stereocenters. The van der Waals surface area contributed by atoms with E-state index in [2.05, 4.69) is 0 Å².